The van der Waals surface area contributed by atoms with Gasteiger partial charge in [-0.1, -0.05) is 18.2 Å². The average molecular weight is 500 g/mol. The Hall–Kier alpha value is -3.08. The molecule has 0 radical (unpaired) electrons. The molecule has 0 bridgehead atoms. The lowest BCUT2D eigenvalue weighted by atomic mass is 10.0. The summed E-state index contributed by atoms with van der Waals surface area (Å²) < 4.78 is 30.1. The van der Waals surface area contributed by atoms with Gasteiger partial charge in [0.15, 0.2) is 20.9 Å². The third-order valence-electron chi connectivity index (χ3n) is 6.48. The zero-order valence-electron chi connectivity index (χ0n) is 19.8. The number of nitrogens with one attached hydrogen (secondary N) is 1. The maximum atomic E-state index is 12.8. The topological polar surface area (TPSA) is 117 Å². The van der Waals surface area contributed by atoms with Crippen LogP contribution in [0.1, 0.15) is 32.6 Å². The van der Waals surface area contributed by atoms with E-state index in [1.54, 1.807) is 18.5 Å². The summed E-state index contributed by atoms with van der Waals surface area (Å²) in [6, 6.07) is 12.9. The number of aryl methyl sites for hydroxylation is 1. The van der Waals surface area contributed by atoms with E-state index in [-0.39, 0.29) is 18.5 Å². The van der Waals surface area contributed by atoms with E-state index in [9.17, 15) is 18.0 Å². The number of carbonyl (C=O) groups is 1. The van der Waals surface area contributed by atoms with Crippen LogP contribution >= 0.6 is 0 Å². The molecule has 2 aromatic heterocycles. The van der Waals surface area contributed by atoms with Gasteiger partial charge in [0, 0.05) is 49.7 Å². The van der Waals surface area contributed by atoms with Crippen LogP contribution in [0.5, 0.6) is 0 Å². The highest BCUT2D eigenvalue weighted by Gasteiger charge is 2.44. The number of hydrogen-bond acceptors (Lipinski definition) is 7. The van der Waals surface area contributed by atoms with Gasteiger partial charge in [-0.3, -0.25) is 14.6 Å². The number of carbonyl (C=O) groups excluding carboxylic acids is 1. The number of amides is 1. The summed E-state index contributed by atoms with van der Waals surface area (Å²) in [5.74, 6) is -0.789. The Bertz CT molecular complexity index is 1380. The van der Waals surface area contributed by atoms with Crippen LogP contribution in [0.2, 0.25) is 0 Å². The normalized spacial score (nSPS) is 18.2. The fourth-order valence-electron chi connectivity index (χ4n) is 3.95. The fourth-order valence-corrected chi connectivity index (χ4v) is 4.79. The lowest BCUT2D eigenvalue weighted by molar-refractivity contribution is -0.201. The van der Waals surface area contributed by atoms with Crippen LogP contribution in [0.15, 0.2) is 59.7 Å². The summed E-state index contributed by atoms with van der Waals surface area (Å²) in [6.45, 7) is 1.90. The smallest absolute Gasteiger partial charge is 0.264 e. The van der Waals surface area contributed by atoms with Crippen LogP contribution in [0.3, 0.4) is 0 Å². The molecule has 1 aliphatic heterocycles. The quantitative estimate of drug-likeness (QED) is 0.474. The third-order valence-corrected chi connectivity index (χ3v) is 8.51. The Labute approximate surface area is 204 Å². The number of rotatable bonds is 8. The van der Waals surface area contributed by atoms with Gasteiger partial charge >= 0.3 is 0 Å². The number of ether oxygens (including phenoxy) is 1. The van der Waals surface area contributed by atoms with E-state index < -0.39 is 26.8 Å². The Morgan fingerprint density at radius 3 is 2.74 bits per heavy atom. The number of aromatic nitrogens is 2. The first-order chi connectivity index (χ1) is 16.7. The van der Waals surface area contributed by atoms with Crippen molar-refractivity contribution >= 4 is 26.6 Å². The minimum atomic E-state index is -3.83. The second kappa shape index (κ2) is 10.3. The van der Waals surface area contributed by atoms with Crippen molar-refractivity contribution in [1.82, 2.24) is 15.0 Å². The molecule has 10 heteroatoms. The molecule has 35 heavy (non-hydrogen) atoms. The monoisotopic (exact) mass is 499 g/mol. The van der Waals surface area contributed by atoms with E-state index in [2.05, 4.69) is 10.5 Å². The van der Waals surface area contributed by atoms with Gasteiger partial charge in [-0.15, -0.1) is 0 Å². The van der Waals surface area contributed by atoms with Crippen molar-refractivity contribution in [3.63, 3.8) is 0 Å². The van der Waals surface area contributed by atoms with Crippen LogP contribution in [0.25, 0.3) is 22.0 Å². The van der Waals surface area contributed by atoms with Crippen molar-refractivity contribution in [2.45, 2.75) is 50.2 Å². The molecule has 4 rings (SSSR count). The molecule has 1 saturated heterocycles. The summed E-state index contributed by atoms with van der Waals surface area (Å²) in [4.78, 5) is 35.3. The van der Waals surface area contributed by atoms with Gasteiger partial charge in [0.25, 0.3) is 11.5 Å². The van der Waals surface area contributed by atoms with Gasteiger partial charge in [0.2, 0.25) is 0 Å². The maximum absolute atomic E-state index is 12.8. The molecule has 0 aliphatic carbocycles. The Balaban J connectivity index is 1.48. The van der Waals surface area contributed by atoms with E-state index in [1.165, 1.54) is 17.6 Å². The van der Waals surface area contributed by atoms with Crippen LogP contribution in [0.4, 0.5) is 0 Å². The van der Waals surface area contributed by atoms with E-state index in [1.807, 2.05) is 30.3 Å². The molecule has 1 N–H and O–H groups in total. The highest BCUT2D eigenvalue weighted by molar-refractivity contribution is 7.92. The van der Waals surface area contributed by atoms with E-state index in [0.717, 1.165) is 41.1 Å². The third kappa shape index (κ3) is 5.61. The van der Waals surface area contributed by atoms with Crippen molar-refractivity contribution in [3.8, 4) is 11.1 Å². The molecular formula is C25H29N3O6S. The van der Waals surface area contributed by atoms with Gasteiger partial charge in [0.1, 0.15) is 0 Å². The number of fused-ring (bicyclic) bond motifs is 1. The van der Waals surface area contributed by atoms with E-state index in [0.29, 0.717) is 13.0 Å². The highest BCUT2D eigenvalue weighted by Crippen LogP contribution is 2.24. The van der Waals surface area contributed by atoms with E-state index in [4.69, 9.17) is 9.57 Å². The first kappa shape index (κ1) is 25.0. The zero-order chi connectivity index (χ0) is 25.1. The fraction of sp³-hybridized carbons (Fsp3) is 0.400. The van der Waals surface area contributed by atoms with Crippen molar-refractivity contribution in [3.05, 3.63) is 65.2 Å². The summed E-state index contributed by atoms with van der Waals surface area (Å²) in [6.07, 6.45) is 6.05. The number of nitrogens with zero attached hydrogens (tertiary/aromatic N) is 2. The summed E-state index contributed by atoms with van der Waals surface area (Å²) in [5, 5.41) is 1.00. The lowest BCUT2D eigenvalue weighted by Crippen LogP contribution is -2.51. The van der Waals surface area contributed by atoms with Crippen LogP contribution < -0.4 is 11.0 Å². The van der Waals surface area contributed by atoms with Crippen molar-refractivity contribution in [2.24, 2.45) is 0 Å². The molecule has 9 nitrogen and oxygen atoms in total. The van der Waals surface area contributed by atoms with Gasteiger partial charge < -0.3 is 9.30 Å². The molecule has 1 aromatic carbocycles. The Morgan fingerprint density at radius 2 is 2.03 bits per heavy atom. The maximum Gasteiger partial charge on any atom is 0.264 e. The first-order valence-electron chi connectivity index (χ1n) is 11.5. The van der Waals surface area contributed by atoms with Crippen LogP contribution in [-0.4, -0.2) is 47.8 Å². The zero-order valence-corrected chi connectivity index (χ0v) is 20.6. The summed E-state index contributed by atoms with van der Waals surface area (Å²) in [5.41, 5.74) is 4.36. The predicted octanol–water partition coefficient (Wildman–Crippen LogP) is 2.83. The van der Waals surface area contributed by atoms with Crippen molar-refractivity contribution < 1.29 is 22.8 Å². The average Bonchev–Trinajstić information content (AvgIpc) is 2.86. The van der Waals surface area contributed by atoms with E-state index >= 15 is 0 Å². The second-order valence-electron chi connectivity index (χ2n) is 8.96. The largest absolute Gasteiger partial charge is 0.350 e. The first-order valence-corrected chi connectivity index (χ1v) is 13.4. The van der Waals surface area contributed by atoms with Crippen LogP contribution in [0, 0.1) is 0 Å². The number of benzene rings is 1. The lowest BCUT2D eigenvalue weighted by Gasteiger charge is -2.28. The minimum Gasteiger partial charge on any atom is -0.350 e. The van der Waals surface area contributed by atoms with Gasteiger partial charge in [-0.2, -0.15) is 0 Å². The molecular weight excluding hydrogens is 470 g/mol. The minimum absolute atomic E-state index is 0.0370. The molecule has 2 unspecified atom stereocenters. The van der Waals surface area contributed by atoms with Gasteiger partial charge in [-0.25, -0.2) is 18.7 Å². The number of sulfone groups is 1. The molecule has 3 aromatic rings. The molecule has 186 valence electrons. The standard InChI is InChI=1S/C25H29N3O6S/c1-25(35(2,31)32,24(30)27-34-23-7-3-4-15-33-23)11-14-28-13-10-20(17-22(28)29)19-9-8-18-6-5-12-26-21(18)16-19/h5-6,8-10,12-13,16-17,23H,3-4,7,11,14-15H2,1-2H3,(H,27,30). The second-order valence-corrected chi connectivity index (χ2v) is 11.4. The molecule has 2 atom stereocenters. The van der Waals surface area contributed by atoms with Gasteiger partial charge in [-0.05, 0) is 55.5 Å². The van der Waals surface area contributed by atoms with Crippen molar-refractivity contribution in [2.75, 3.05) is 12.9 Å². The Morgan fingerprint density at radius 1 is 1.23 bits per heavy atom. The highest BCUT2D eigenvalue weighted by atomic mass is 32.2. The molecule has 0 saturated carbocycles. The Kier molecular flexibility index (Phi) is 7.34. The molecule has 1 fully saturated rings. The SMILES string of the molecule is CC(CCn1ccc(-c2ccc3cccnc3c2)cc1=O)(C(=O)NOC1CCCCO1)S(C)(=O)=O. The predicted molar refractivity (Wildman–Crippen MR) is 132 cm³/mol. The number of hydrogen-bond donors (Lipinski definition) is 1. The molecule has 0 spiro atoms. The molecule has 1 aliphatic rings. The van der Waals surface area contributed by atoms with Gasteiger partial charge in [0.05, 0.1) is 5.52 Å². The molecule has 3 heterocycles. The number of hydroxylamine groups is 1. The number of pyridine rings is 2. The summed E-state index contributed by atoms with van der Waals surface area (Å²) in [7, 11) is -3.83. The molecule has 1 amide bonds. The van der Waals surface area contributed by atoms with Crippen LogP contribution in [-0.2, 0) is 30.8 Å². The van der Waals surface area contributed by atoms with Crippen molar-refractivity contribution in [1.29, 1.82) is 0 Å². The summed E-state index contributed by atoms with van der Waals surface area (Å²) >= 11 is 0.